The molecule has 0 spiro atoms. The highest BCUT2D eigenvalue weighted by atomic mass is 35.5. The van der Waals surface area contributed by atoms with E-state index in [0.29, 0.717) is 11.3 Å². The molecular formula is C19H19ClN2O3. The van der Waals surface area contributed by atoms with Crippen LogP contribution in [0.3, 0.4) is 0 Å². The van der Waals surface area contributed by atoms with E-state index in [4.69, 9.17) is 16.3 Å². The molecule has 25 heavy (non-hydrogen) atoms. The van der Waals surface area contributed by atoms with Gasteiger partial charge in [-0.25, -0.2) is 9.78 Å². The number of rotatable bonds is 4. The van der Waals surface area contributed by atoms with E-state index in [0.717, 1.165) is 19.3 Å². The molecule has 1 aliphatic carbocycles. The second kappa shape index (κ2) is 7.66. The Bertz CT molecular complexity index is 807. The maximum absolute atomic E-state index is 12.3. The molecule has 1 atom stereocenters. The number of carbonyl (C=O) groups excluding carboxylic acids is 2. The van der Waals surface area contributed by atoms with Crippen molar-refractivity contribution in [3.05, 3.63) is 58.4 Å². The van der Waals surface area contributed by atoms with Crippen molar-refractivity contribution in [3.8, 4) is 0 Å². The molecule has 2 aromatic rings. The Balaban J connectivity index is 1.64. The van der Waals surface area contributed by atoms with Crippen LogP contribution >= 0.6 is 11.6 Å². The zero-order valence-electron chi connectivity index (χ0n) is 13.9. The summed E-state index contributed by atoms with van der Waals surface area (Å²) >= 11 is 5.91. The minimum Gasteiger partial charge on any atom is -0.449 e. The number of esters is 1. The van der Waals surface area contributed by atoms with Crippen LogP contribution in [0.1, 0.15) is 41.3 Å². The first-order valence-electron chi connectivity index (χ1n) is 8.29. The summed E-state index contributed by atoms with van der Waals surface area (Å²) in [4.78, 5) is 28.4. The first kappa shape index (κ1) is 17.4. The first-order chi connectivity index (χ1) is 12.0. The number of anilines is 1. The summed E-state index contributed by atoms with van der Waals surface area (Å²) in [6, 6.07) is 8.90. The molecule has 0 aliphatic heterocycles. The molecule has 0 radical (unpaired) electrons. The van der Waals surface area contributed by atoms with Crippen molar-refractivity contribution in [2.45, 2.75) is 38.7 Å². The summed E-state index contributed by atoms with van der Waals surface area (Å²) in [5.74, 6) is -0.963. The van der Waals surface area contributed by atoms with Crippen molar-refractivity contribution in [3.63, 3.8) is 0 Å². The van der Waals surface area contributed by atoms with Gasteiger partial charge >= 0.3 is 5.97 Å². The third-order valence-electron chi connectivity index (χ3n) is 4.25. The zero-order chi connectivity index (χ0) is 17.8. The monoisotopic (exact) mass is 358 g/mol. The highest BCUT2D eigenvalue weighted by Gasteiger charge is 2.21. The number of aromatic nitrogens is 1. The molecule has 0 saturated heterocycles. The summed E-state index contributed by atoms with van der Waals surface area (Å²) in [7, 11) is 0. The third-order valence-corrected chi connectivity index (χ3v) is 4.56. The van der Waals surface area contributed by atoms with Crippen molar-refractivity contribution in [1.29, 1.82) is 0 Å². The van der Waals surface area contributed by atoms with E-state index in [1.165, 1.54) is 30.7 Å². The van der Waals surface area contributed by atoms with E-state index in [-0.39, 0.29) is 5.15 Å². The molecule has 3 rings (SSSR count). The van der Waals surface area contributed by atoms with Gasteiger partial charge in [-0.2, -0.15) is 0 Å². The van der Waals surface area contributed by atoms with Crippen molar-refractivity contribution in [1.82, 2.24) is 4.98 Å². The number of aryl methyl sites for hydroxylation is 2. The zero-order valence-corrected chi connectivity index (χ0v) is 14.7. The minimum atomic E-state index is -0.945. The van der Waals surface area contributed by atoms with Crippen LogP contribution in [-0.4, -0.2) is 23.0 Å². The van der Waals surface area contributed by atoms with Crippen LogP contribution in [0.4, 0.5) is 5.69 Å². The van der Waals surface area contributed by atoms with Crippen LogP contribution < -0.4 is 5.32 Å². The van der Waals surface area contributed by atoms with Gasteiger partial charge in [0, 0.05) is 6.20 Å². The molecule has 0 bridgehead atoms. The predicted octanol–water partition coefficient (Wildman–Crippen LogP) is 3.80. The lowest BCUT2D eigenvalue weighted by Gasteiger charge is -2.17. The standard InChI is InChI=1S/C19H19ClN2O3/c1-12(18(23)22-16-7-4-10-21-17(16)20)25-19(24)15-9-8-13-5-2-3-6-14(13)11-15/h4,7-12H,2-3,5-6H2,1H3,(H,22,23)/t12-/m0/s1. The number of carbonyl (C=O) groups is 2. The molecule has 0 saturated carbocycles. The van der Waals surface area contributed by atoms with Gasteiger partial charge in [0.05, 0.1) is 11.3 Å². The van der Waals surface area contributed by atoms with Crippen molar-refractivity contribution >= 4 is 29.2 Å². The van der Waals surface area contributed by atoms with Crippen molar-refractivity contribution < 1.29 is 14.3 Å². The van der Waals surface area contributed by atoms with E-state index in [2.05, 4.69) is 10.3 Å². The molecule has 1 aliphatic rings. The summed E-state index contributed by atoms with van der Waals surface area (Å²) in [6.45, 7) is 1.52. The van der Waals surface area contributed by atoms with Crippen LogP contribution in [0.2, 0.25) is 5.15 Å². The van der Waals surface area contributed by atoms with Crippen LogP contribution in [0, 0.1) is 0 Å². The summed E-state index contributed by atoms with van der Waals surface area (Å²) in [6.07, 6.45) is 4.93. The lowest BCUT2D eigenvalue weighted by atomic mass is 9.90. The number of amides is 1. The number of pyridine rings is 1. The Morgan fingerprint density at radius 3 is 2.72 bits per heavy atom. The molecule has 1 aromatic heterocycles. The molecular weight excluding hydrogens is 340 g/mol. The molecule has 1 aromatic carbocycles. The van der Waals surface area contributed by atoms with Gasteiger partial charge in [0.1, 0.15) is 0 Å². The van der Waals surface area contributed by atoms with Crippen LogP contribution in [0.25, 0.3) is 0 Å². The smallest absolute Gasteiger partial charge is 0.338 e. The van der Waals surface area contributed by atoms with Gasteiger partial charge < -0.3 is 10.1 Å². The molecule has 1 heterocycles. The van der Waals surface area contributed by atoms with E-state index in [1.54, 1.807) is 18.2 Å². The van der Waals surface area contributed by atoms with E-state index in [1.807, 2.05) is 12.1 Å². The second-order valence-electron chi connectivity index (χ2n) is 6.07. The van der Waals surface area contributed by atoms with E-state index < -0.39 is 18.0 Å². The number of benzene rings is 1. The van der Waals surface area contributed by atoms with Gasteiger partial charge in [0.25, 0.3) is 5.91 Å². The normalized spacial score (nSPS) is 14.3. The Hall–Kier alpha value is -2.40. The Labute approximate surface area is 151 Å². The maximum Gasteiger partial charge on any atom is 0.338 e. The fourth-order valence-corrected chi connectivity index (χ4v) is 3.02. The molecule has 130 valence electrons. The maximum atomic E-state index is 12.3. The average molecular weight is 359 g/mol. The molecule has 1 N–H and O–H groups in total. The summed E-state index contributed by atoms with van der Waals surface area (Å²) in [5, 5.41) is 2.79. The molecule has 6 heteroatoms. The van der Waals surface area contributed by atoms with E-state index in [9.17, 15) is 9.59 Å². The van der Waals surface area contributed by atoms with Crippen LogP contribution in [0.5, 0.6) is 0 Å². The number of fused-ring (bicyclic) bond motifs is 1. The van der Waals surface area contributed by atoms with Gasteiger partial charge in [-0.15, -0.1) is 0 Å². The highest BCUT2D eigenvalue weighted by molar-refractivity contribution is 6.32. The van der Waals surface area contributed by atoms with Crippen LogP contribution in [0.15, 0.2) is 36.5 Å². The summed E-state index contributed by atoms with van der Waals surface area (Å²) in [5.41, 5.74) is 3.34. The lowest BCUT2D eigenvalue weighted by Crippen LogP contribution is -2.30. The second-order valence-corrected chi connectivity index (χ2v) is 6.43. The van der Waals surface area contributed by atoms with Crippen molar-refractivity contribution in [2.75, 3.05) is 5.32 Å². The third kappa shape index (κ3) is 4.17. The van der Waals surface area contributed by atoms with Gasteiger partial charge in [-0.3, -0.25) is 4.79 Å². The fraction of sp³-hybridized carbons (Fsp3) is 0.316. The van der Waals surface area contributed by atoms with Gasteiger partial charge in [-0.1, -0.05) is 17.7 Å². The largest absolute Gasteiger partial charge is 0.449 e. The predicted molar refractivity (Wildman–Crippen MR) is 95.8 cm³/mol. The summed E-state index contributed by atoms with van der Waals surface area (Å²) < 4.78 is 5.29. The van der Waals surface area contributed by atoms with Crippen LogP contribution in [-0.2, 0) is 22.4 Å². The minimum absolute atomic E-state index is 0.184. The molecule has 0 unspecified atom stereocenters. The molecule has 1 amide bonds. The topological polar surface area (TPSA) is 68.3 Å². The number of halogens is 1. The molecule has 0 fully saturated rings. The SMILES string of the molecule is C[C@H](OC(=O)c1ccc2c(c1)CCCC2)C(=O)Nc1cccnc1Cl. The quantitative estimate of drug-likeness (QED) is 0.666. The van der Waals surface area contributed by atoms with Crippen molar-refractivity contribution in [2.24, 2.45) is 0 Å². The Morgan fingerprint density at radius 1 is 1.20 bits per heavy atom. The Morgan fingerprint density at radius 2 is 1.96 bits per heavy atom. The highest BCUT2D eigenvalue weighted by Crippen LogP contribution is 2.23. The average Bonchev–Trinajstić information content (AvgIpc) is 2.63. The fourth-order valence-electron chi connectivity index (χ4n) is 2.86. The number of hydrogen-bond acceptors (Lipinski definition) is 4. The van der Waals surface area contributed by atoms with Gasteiger partial charge in [0.15, 0.2) is 11.3 Å². The molecule has 5 nitrogen and oxygen atoms in total. The Kier molecular flexibility index (Phi) is 5.34. The van der Waals surface area contributed by atoms with E-state index >= 15 is 0 Å². The number of nitrogens with zero attached hydrogens (tertiary/aromatic N) is 1. The number of ether oxygens (including phenoxy) is 1. The first-order valence-corrected chi connectivity index (χ1v) is 8.66. The van der Waals surface area contributed by atoms with Gasteiger partial charge in [0.2, 0.25) is 0 Å². The lowest BCUT2D eigenvalue weighted by molar-refractivity contribution is -0.123. The van der Waals surface area contributed by atoms with Gasteiger partial charge in [-0.05, 0) is 68.0 Å². The number of hydrogen-bond donors (Lipinski definition) is 1. The number of nitrogens with one attached hydrogen (secondary N) is 1.